The molecule has 0 aliphatic rings. The summed E-state index contributed by atoms with van der Waals surface area (Å²) in [7, 11) is 0. The van der Waals surface area contributed by atoms with Gasteiger partial charge in [-0.3, -0.25) is 5.41 Å². The van der Waals surface area contributed by atoms with Gasteiger partial charge in [0, 0.05) is 0 Å². The van der Waals surface area contributed by atoms with E-state index in [2.05, 4.69) is 11.5 Å². The fourth-order valence-electron chi connectivity index (χ4n) is 0. The van der Waals surface area contributed by atoms with Crippen LogP contribution in [0.3, 0.4) is 0 Å². The molecule has 5 nitrogen and oxygen atoms in total. The van der Waals surface area contributed by atoms with Crippen LogP contribution in [0.4, 0.5) is 0 Å². The number of carboxylic acid groups (broad SMARTS) is 1. The Morgan fingerprint density at radius 2 is 1.60 bits per heavy atom. The molecule has 0 rings (SSSR count). The fourth-order valence-corrected chi connectivity index (χ4v) is 0. The highest BCUT2D eigenvalue weighted by molar-refractivity contribution is 6.52. The molecule has 0 aliphatic carbocycles. The summed E-state index contributed by atoms with van der Waals surface area (Å²) in [6.45, 7) is 0. The third-order valence-electron chi connectivity index (χ3n) is 0.187. The van der Waals surface area contributed by atoms with Gasteiger partial charge in [0.05, 0.1) is 0 Å². The van der Waals surface area contributed by atoms with Crippen molar-refractivity contribution in [2.75, 3.05) is 0 Å². The van der Waals surface area contributed by atoms with Crippen LogP contribution >= 0.6 is 23.2 Å². The molecule has 0 atom stereocenters. The van der Waals surface area contributed by atoms with Gasteiger partial charge in [-0.2, -0.15) is 0 Å². The molecule has 10 heavy (non-hydrogen) atoms. The van der Waals surface area contributed by atoms with Gasteiger partial charge in [-0.1, -0.05) is 23.2 Å². The molecule has 0 radical (unpaired) electrons. The number of carbonyl (C=O) groups is 1. The zero-order valence-electron chi connectivity index (χ0n) is 4.84. The average molecular weight is 188 g/mol. The van der Waals surface area contributed by atoms with Crippen molar-refractivity contribution in [2.45, 2.75) is 4.84 Å². The molecule has 0 aromatic heterocycles. The van der Waals surface area contributed by atoms with Crippen LogP contribution < -0.4 is 11.5 Å². The summed E-state index contributed by atoms with van der Waals surface area (Å²) in [6, 6.07) is 0. The highest BCUT2D eigenvalue weighted by atomic mass is 35.5. The molecule has 0 unspecified atom stereocenters. The molecule has 0 heterocycles. The molecule has 0 aliphatic heterocycles. The highest BCUT2D eigenvalue weighted by Gasteiger charge is 2.05. The third kappa shape index (κ3) is 26.5. The van der Waals surface area contributed by atoms with Crippen molar-refractivity contribution in [1.29, 1.82) is 5.41 Å². The number of guanidine groups is 1. The predicted molar refractivity (Wildman–Crippen MR) is 39.2 cm³/mol. The second kappa shape index (κ2) is 6.44. The van der Waals surface area contributed by atoms with Crippen LogP contribution in [0.2, 0.25) is 0 Å². The topological polar surface area (TPSA) is 113 Å². The Labute approximate surface area is 67.4 Å². The fraction of sp³-hybridized carbons (Fsp3) is 0.333. The number of rotatable bonds is 1. The lowest BCUT2D eigenvalue weighted by atomic mass is 10.8. The Morgan fingerprint density at radius 3 is 1.60 bits per heavy atom. The lowest BCUT2D eigenvalue weighted by molar-refractivity contribution is -0.135. The number of nitrogens with two attached hydrogens (primary N) is 2. The lowest BCUT2D eigenvalue weighted by Gasteiger charge is -1.84. The van der Waals surface area contributed by atoms with Crippen LogP contribution in [-0.2, 0) is 4.79 Å². The number of carboxylic acids is 1. The second-order valence-electron chi connectivity index (χ2n) is 1.09. The van der Waals surface area contributed by atoms with Crippen molar-refractivity contribution < 1.29 is 9.90 Å². The summed E-state index contributed by atoms with van der Waals surface area (Å²) < 4.78 is 0. The van der Waals surface area contributed by atoms with Crippen molar-refractivity contribution in [1.82, 2.24) is 0 Å². The maximum absolute atomic E-state index is 9.44. The van der Waals surface area contributed by atoms with Crippen LogP contribution in [-0.4, -0.2) is 21.9 Å². The molecule has 6 N–H and O–H groups in total. The van der Waals surface area contributed by atoms with Crippen LogP contribution in [0.1, 0.15) is 0 Å². The van der Waals surface area contributed by atoms with E-state index in [0.717, 1.165) is 0 Å². The van der Waals surface area contributed by atoms with E-state index >= 15 is 0 Å². The van der Waals surface area contributed by atoms with E-state index in [9.17, 15) is 4.79 Å². The summed E-state index contributed by atoms with van der Waals surface area (Å²) in [5.41, 5.74) is 8.94. The van der Waals surface area contributed by atoms with E-state index in [1.807, 2.05) is 0 Å². The number of aliphatic carboxylic acids is 1. The Kier molecular flexibility index (Phi) is 7.75. The number of hydrogen-bond acceptors (Lipinski definition) is 2. The molecule has 7 heteroatoms. The first-order chi connectivity index (χ1) is 4.37. The first kappa shape index (κ1) is 12.0. The SMILES string of the molecule is N=C(N)N.O=C(O)C(Cl)Cl. The second-order valence-corrected chi connectivity index (χ2v) is 2.19. The number of nitrogens with one attached hydrogen (secondary N) is 1. The maximum Gasteiger partial charge on any atom is 0.337 e. The molecule has 0 amide bonds. The van der Waals surface area contributed by atoms with Crippen molar-refractivity contribution in [2.24, 2.45) is 11.5 Å². The number of alkyl halides is 2. The summed E-state index contributed by atoms with van der Waals surface area (Å²) >= 11 is 9.56. The van der Waals surface area contributed by atoms with Gasteiger partial charge in [0.2, 0.25) is 4.84 Å². The Balaban J connectivity index is 0. The number of halogens is 2. The van der Waals surface area contributed by atoms with E-state index in [4.69, 9.17) is 33.7 Å². The van der Waals surface area contributed by atoms with Crippen molar-refractivity contribution in [3.63, 3.8) is 0 Å². The normalized spacial score (nSPS) is 7.90. The van der Waals surface area contributed by atoms with Gasteiger partial charge in [0.1, 0.15) is 0 Å². The largest absolute Gasteiger partial charge is 0.479 e. The van der Waals surface area contributed by atoms with Gasteiger partial charge >= 0.3 is 5.97 Å². The van der Waals surface area contributed by atoms with E-state index < -0.39 is 10.8 Å². The lowest BCUT2D eigenvalue weighted by Crippen LogP contribution is -2.20. The van der Waals surface area contributed by atoms with Gasteiger partial charge in [-0.25, -0.2) is 4.79 Å². The molecule has 0 fully saturated rings. The molecular formula is C3H7Cl2N3O2. The average Bonchev–Trinajstić information content (AvgIpc) is 1.63. The molecule has 0 saturated heterocycles. The van der Waals surface area contributed by atoms with E-state index in [1.165, 1.54) is 0 Å². The summed E-state index contributed by atoms with van der Waals surface area (Å²) in [6.07, 6.45) is 0. The minimum atomic E-state index is -1.29. The number of hydrogen-bond donors (Lipinski definition) is 4. The molecule has 0 aromatic carbocycles. The van der Waals surface area contributed by atoms with Gasteiger partial charge < -0.3 is 16.6 Å². The molecule has 0 saturated carbocycles. The van der Waals surface area contributed by atoms with Crippen LogP contribution in [0.5, 0.6) is 0 Å². The molecule has 0 aromatic rings. The first-order valence-corrected chi connectivity index (χ1v) is 2.85. The van der Waals surface area contributed by atoms with Gasteiger partial charge in [-0.05, 0) is 0 Å². The molecular weight excluding hydrogens is 181 g/mol. The summed E-state index contributed by atoms with van der Waals surface area (Å²) in [5.74, 6) is -1.54. The molecule has 60 valence electrons. The van der Waals surface area contributed by atoms with Gasteiger partial charge in [-0.15, -0.1) is 0 Å². The summed E-state index contributed by atoms with van der Waals surface area (Å²) in [5, 5.41) is 13.8. The minimum absolute atomic E-state index is 0.333. The third-order valence-corrected chi connectivity index (χ3v) is 0.560. The minimum Gasteiger partial charge on any atom is -0.479 e. The molecule has 0 bridgehead atoms. The zero-order chi connectivity index (χ0) is 8.73. The van der Waals surface area contributed by atoms with Crippen molar-refractivity contribution in [3.05, 3.63) is 0 Å². The van der Waals surface area contributed by atoms with Crippen molar-refractivity contribution >= 4 is 35.1 Å². The van der Waals surface area contributed by atoms with E-state index in [-0.39, 0.29) is 5.96 Å². The smallest absolute Gasteiger partial charge is 0.337 e. The van der Waals surface area contributed by atoms with Gasteiger partial charge in [0.15, 0.2) is 5.96 Å². The Bertz CT molecular complexity index is 123. The zero-order valence-corrected chi connectivity index (χ0v) is 6.36. The quantitative estimate of drug-likeness (QED) is 0.257. The van der Waals surface area contributed by atoms with Crippen LogP contribution in [0.25, 0.3) is 0 Å². The monoisotopic (exact) mass is 187 g/mol. The van der Waals surface area contributed by atoms with E-state index in [0.29, 0.717) is 0 Å². The first-order valence-electron chi connectivity index (χ1n) is 1.98. The van der Waals surface area contributed by atoms with Crippen LogP contribution in [0, 0.1) is 5.41 Å². The molecule has 0 spiro atoms. The van der Waals surface area contributed by atoms with E-state index in [1.54, 1.807) is 0 Å². The maximum atomic E-state index is 9.44. The van der Waals surface area contributed by atoms with Crippen LogP contribution in [0.15, 0.2) is 0 Å². The standard InChI is InChI=1S/C2H2Cl2O2.CH5N3/c3-1(4)2(5)6;2-1(3)4/h1H,(H,5,6);(H5,2,3,4). The summed E-state index contributed by atoms with van der Waals surface area (Å²) in [4.78, 5) is 8.15. The Morgan fingerprint density at radius 1 is 1.50 bits per heavy atom. The van der Waals surface area contributed by atoms with Gasteiger partial charge in [0.25, 0.3) is 0 Å². The Hall–Kier alpha value is -0.680. The predicted octanol–water partition coefficient (Wildman–Crippen LogP) is -0.287. The van der Waals surface area contributed by atoms with Crippen molar-refractivity contribution in [3.8, 4) is 0 Å². The highest BCUT2D eigenvalue weighted by Crippen LogP contribution is 1.98.